The molecular weight excluding hydrogens is 497 g/mol. The highest BCUT2D eigenvalue weighted by Crippen LogP contribution is 2.33. The second kappa shape index (κ2) is 11.1. The van der Waals surface area contributed by atoms with E-state index < -0.39 is 0 Å². The van der Waals surface area contributed by atoms with Gasteiger partial charge in [0.05, 0.1) is 28.4 Å². The smallest absolute Gasteiger partial charge is 0.194 e. The fourth-order valence-corrected chi connectivity index (χ4v) is 3.66. The summed E-state index contributed by atoms with van der Waals surface area (Å²) in [6.45, 7) is 2.21. The second-order valence-electron chi connectivity index (χ2n) is 6.70. The molecule has 1 N–H and O–H groups in total. The molecule has 1 heterocycles. The van der Waals surface area contributed by atoms with Crippen LogP contribution in [-0.2, 0) is 19.5 Å². The summed E-state index contributed by atoms with van der Waals surface area (Å²) in [6, 6.07) is 9.99. The summed E-state index contributed by atoms with van der Waals surface area (Å²) in [5.74, 6) is 3.81. The van der Waals surface area contributed by atoms with Gasteiger partial charge in [0.25, 0.3) is 0 Å². The van der Waals surface area contributed by atoms with Crippen LogP contribution in [0.2, 0.25) is 0 Å². The third kappa shape index (κ3) is 5.03. The molecule has 0 amide bonds. The Kier molecular flexibility index (Phi) is 8.88. The maximum atomic E-state index is 5.53. The van der Waals surface area contributed by atoms with Gasteiger partial charge in [0.15, 0.2) is 29.0 Å². The van der Waals surface area contributed by atoms with Crippen molar-refractivity contribution in [1.29, 1.82) is 0 Å². The van der Waals surface area contributed by atoms with Crippen LogP contribution in [0, 0.1) is 0 Å². The summed E-state index contributed by atoms with van der Waals surface area (Å²) in [4.78, 5) is 6.71. The second-order valence-corrected chi connectivity index (χ2v) is 6.70. The molecule has 0 bridgehead atoms. The molecule has 0 aliphatic carbocycles. The van der Waals surface area contributed by atoms with E-state index >= 15 is 0 Å². The summed E-state index contributed by atoms with van der Waals surface area (Å²) in [5.41, 5.74) is 3.51. The number of benzene rings is 2. The Morgan fingerprint density at radius 1 is 0.967 bits per heavy atom. The molecule has 3 rings (SSSR count). The maximum Gasteiger partial charge on any atom is 0.194 e. The van der Waals surface area contributed by atoms with E-state index in [1.165, 1.54) is 11.1 Å². The van der Waals surface area contributed by atoms with Gasteiger partial charge in [0.1, 0.15) is 0 Å². The molecule has 1 aliphatic rings. The van der Waals surface area contributed by atoms with Crippen molar-refractivity contribution in [3.63, 3.8) is 0 Å². The average Bonchev–Trinajstić information content (AvgIpc) is 2.77. The van der Waals surface area contributed by atoms with Crippen molar-refractivity contribution in [3.8, 4) is 23.0 Å². The van der Waals surface area contributed by atoms with E-state index in [2.05, 4.69) is 27.3 Å². The highest BCUT2D eigenvalue weighted by molar-refractivity contribution is 14.0. The number of guanidine groups is 1. The standard InChI is InChI=1S/C22H29N3O4.HI/c1-23-22(24-13-16-7-6-8-18(26-2)21(16)29-5)25-10-9-15-11-19(27-3)20(28-4)12-17(15)14-25;/h6-8,11-12H,9-10,13-14H2,1-5H3,(H,23,24);1H. The number of nitrogens with zero attached hydrogens (tertiary/aromatic N) is 2. The molecule has 0 unspecified atom stereocenters. The lowest BCUT2D eigenvalue weighted by molar-refractivity contribution is 0.344. The SMILES string of the molecule is CN=C(NCc1cccc(OC)c1OC)N1CCc2cc(OC)c(OC)cc2C1.I. The lowest BCUT2D eigenvalue weighted by Gasteiger charge is -2.32. The van der Waals surface area contributed by atoms with Gasteiger partial charge in [-0.2, -0.15) is 0 Å². The molecular formula is C22H30IN3O4. The highest BCUT2D eigenvalue weighted by atomic mass is 127. The minimum atomic E-state index is 0. The average molecular weight is 527 g/mol. The van der Waals surface area contributed by atoms with Gasteiger partial charge in [-0.15, -0.1) is 24.0 Å². The lowest BCUT2D eigenvalue weighted by Crippen LogP contribution is -2.43. The monoisotopic (exact) mass is 527 g/mol. The van der Waals surface area contributed by atoms with Crippen LogP contribution in [0.25, 0.3) is 0 Å². The van der Waals surface area contributed by atoms with E-state index in [-0.39, 0.29) is 24.0 Å². The van der Waals surface area contributed by atoms with Crippen LogP contribution in [-0.4, -0.2) is 52.9 Å². The van der Waals surface area contributed by atoms with Gasteiger partial charge >= 0.3 is 0 Å². The minimum Gasteiger partial charge on any atom is -0.493 e. The van der Waals surface area contributed by atoms with E-state index in [9.17, 15) is 0 Å². The van der Waals surface area contributed by atoms with Gasteiger partial charge < -0.3 is 29.2 Å². The van der Waals surface area contributed by atoms with Crippen LogP contribution in [0.3, 0.4) is 0 Å². The van der Waals surface area contributed by atoms with Crippen molar-refractivity contribution < 1.29 is 18.9 Å². The first-order chi connectivity index (χ1) is 14.1. The molecule has 1 aliphatic heterocycles. The molecule has 30 heavy (non-hydrogen) atoms. The quantitative estimate of drug-likeness (QED) is 0.353. The van der Waals surface area contributed by atoms with Crippen molar-refractivity contribution in [2.75, 3.05) is 42.0 Å². The van der Waals surface area contributed by atoms with Gasteiger partial charge in [-0.3, -0.25) is 4.99 Å². The Morgan fingerprint density at radius 2 is 1.63 bits per heavy atom. The Hall–Kier alpha value is -2.36. The molecule has 0 aromatic heterocycles. The molecule has 0 saturated carbocycles. The first-order valence-corrected chi connectivity index (χ1v) is 9.54. The van der Waals surface area contributed by atoms with Gasteiger partial charge in [-0.05, 0) is 35.7 Å². The topological polar surface area (TPSA) is 64.6 Å². The molecule has 2 aromatic carbocycles. The number of hydrogen-bond donors (Lipinski definition) is 1. The summed E-state index contributed by atoms with van der Waals surface area (Å²) >= 11 is 0. The number of fused-ring (bicyclic) bond motifs is 1. The van der Waals surface area contributed by atoms with Crippen molar-refractivity contribution >= 4 is 29.9 Å². The Morgan fingerprint density at radius 3 is 2.23 bits per heavy atom. The lowest BCUT2D eigenvalue weighted by atomic mass is 9.99. The number of hydrogen-bond acceptors (Lipinski definition) is 5. The number of methoxy groups -OCH3 is 4. The molecule has 164 valence electrons. The molecule has 0 radical (unpaired) electrons. The molecule has 8 heteroatoms. The molecule has 0 fully saturated rings. The van der Waals surface area contributed by atoms with Crippen LogP contribution in [0.4, 0.5) is 0 Å². The zero-order chi connectivity index (χ0) is 20.8. The normalized spacial score (nSPS) is 13.1. The highest BCUT2D eigenvalue weighted by Gasteiger charge is 2.22. The summed E-state index contributed by atoms with van der Waals surface area (Å²) < 4.78 is 21.8. The van der Waals surface area contributed by atoms with Crippen molar-refractivity contribution in [1.82, 2.24) is 10.2 Å². The van der Waals surface area contributed by atoms with Crippen molar-refractivity contribution in [2.45, 2.75) is 19.5 Å². The fourth-order valence-electron chi connectivity index (χ4n) is 3.66. The Balaban J connectivity index is 0.00000320. The predicted molar refractivity (Wildman–Crippen MR) is 129 cm³/mol. The molecule has 7 nitrogen and oxygen atoms in total. The van der Waals surface area contributed by atoms with Crippen LogP contribution in [0.15, 0.2) is 35.3 Å². The molecule has 2 aromatic rings. The summed E-state index contributed by atoms with van der Waals surface area (Å²) in [6.07, 6.45) is 0.916. The molecule has 0 saturated heterocycles. The van der Waals surface area contributed by atoms with E-state index in [4.69, 9.17) is 18.9 Å². The number of para-hydroxylation sites is 1. The number of rotatable bonds is 6. The van der Waals surface area contributed by atoms with Crippen LogP contribution in [0.1, 0.15) is 16.7 Å². The summed E-state index contributed by atoms with van der Waals surface area (Å²) in [7, 11) is 8.42. The zero-order valence-electron chi connectivity index (χ0n) is 18.2. The minimum absolute atomic E-state index is 0. The number of ether oxygens (including phenoxy) is 4. The van der Waals surface area contributed by atoms with Crippen LogP contribution in [0.5, 0.6) is 23.0 Å². The van der Waals surface area contributed by atoms with Gasteiger partial charge in [0, 0.05) is 32.2 Å². The predicted octanol–water partition coefficient (Wildman–Crippen LogP) is 3.47. The van der Waals surface area contributed by atoms with Crippen LogP contribution < -0.4 is 24.3 Å². The first-order valence-electron chi connectivity index (χ1n) is 9.54. The Labute approximate surface area is 195 Å². The zero-order valence-corrected chi connectivity index (χ0v) is 20.5. The fraction of sp³-hybridized carbons (Fsp3) is 0.409. The number of aliphatic imine (C=N–C) groups is 1. The van der Waals surface area contributed by atoms with Gasteiger partial charge in [0.2, 0.25) is 0 Å². The van der Waals surface area contributed by atoms with Crippen LogP contribution >= 0.6 is 24.0 Å². The third-order valence-corrected chi connectivity index (χ3v) is 5.15. The molecule has 0 spiro atoms. The third-order valence-electron chi connectivity index (χ3n) is 5.15. The number of nitrogens with one attached hydrogen (secondary N) is 1. The van der Waals surface area contributed by atoms with Crippen molar-refractivity contribution in [3.05, 3.63) is 47.0 Å². The van der Waals surface area contributed by atoms with E-state index in [0.717, 1.165) is 54.0 Å². The Bertz CT molecular complexity index is 889. The first kappa shape index (κ1) is 23.9. The maximum absolute atomic E-state index is 5.53. The van der Waals surface area contributed by atoms with E-state index in [0.29, 0.717) is 6.54 Å². The van der Waals surface area contributed by atoms with Gasteiger partial charge in [-0.1, -0.05) is 12.1 Å². The largest absolute Gasteiger partial charge is 0.493 e. The van der Waals surface area contributed by atoms with Gasteiger partial charge in [-0.25, -0.2) is 0 Å². The number of halogens is 1. The molecule has 0 atom stereocenters. The van der Waals surface area contributed by atoms with Crippen molar-refractivity contribution in [2.24, 2.45) is 4.99 Å². The van der Waals surface area contributed by atoms with E-state index in [1.54, 1.807) is 35.5 Å². The van der Waals surface area contributed by atoms with E-state index in [1.807, 2.05) is 18.2 Å². The summed E-state index contributed by atoms with van der Waals surface area (Å²) in [5, 5.41) is 3.45.